The molecule has 0 aromatic rings. The molecule has 1 fully saturated rings. The largest absolute Gasteiger partial charge is 0.380 e. The maximum atomic E-state index is 5.63. The molecule has 0 unspecified atom stereocenters. The van der Waals surface area contributed by atoms with Crippen molar-refractivity contribution in [1.82, 2.24) is 0 Å². The summed E-state index contributed by atoms with van der Waals surface area (Å²) in [6, 6.07) is 0. The standard InChI is InChI=1S/C10H20O2S/c1-3-10(8-12-9-10)7-11-5-6-13-4-2/h3-9H2,1-2H3. The van der Waals surface area contributed by atoms with E-state index < -0.39 is 0 Å². The van der Waals surface area contributed by atoms with Gasteiger partial charge in [0.2, 0.25) is 0 Å². The van der Waals surface area contributed by atoms with E-state index in [0.29, 0.717) is 5.41 Å². The Kier molecular flexibility index (Phi) is 5.14. The van der Waals surface area contributed by atoms with Gasteiger partial charge in [-0.3, -0.25) is 0 Å². The molecule has 0 aromatic heterocycles. The molecule has 0 bridgehead atoms. The van der Waals surface area contributed by atoms with E-state index in [4.69, 9.17) is 9.47 Å². The Morgan fingerprint density at radius 2 is 2.15 bits per heavy atom. The maximum Gasteiger partial charge on any atom is 0.0567 e. The molecule has 0 aliphatic carbocycles. The Bertz CT molecular complexity index is 129. The van der Waals surface area contributed by atoms with Gasteiger partial charge < -0.3 is 9.47 Å². The van der Waals surface area contributed by atoms with Crippen LogP contribution in [0.5, 0.6) is 0 Å². The molecule has 0 amide bonds. The number of hydrogen-bond acceptors (Lipinski definition) is 3. The smallest absolute Gasteiger partial charge is 0.0567 e. The first-order chi connectivity index (χ1) is 6.33. The van der Waals surface area contributed by atoms with Crippen molar-refractivity contribution in [2.24, 2.45) is 5.41 Å². The molecule has 1 rings (SSSR count). The first kappa shape index (κ1) is 11.3. The van der Waals surface area contributed by atoms with Crippen molar-refractivity contribution in [1.29, 1.82) is 0 Å². The van der Waals surface area contributed by atoms with E-state index in [0.717, 1.165) is 32.2 Å². The molecule has 1 saturated heterocycles. The fourth-order valence-corrected chi connectivity index (χ4v) is 1.86. The summed E-state index contributed by atoms with van der Waals surface area (Å²) >= 11 is 1.94. The fourth-order valence-electron chi connectivity index (χ4n) is 1.33. The molecule has 1 heterocycles. The lowest BCUT2D eigenvalue weighted by Gasteiger charge is -2.40. The summed E-state index contributed by atoms with van der Waals surface area (Å²) in [5, 5.41) is 0. The van der Waals surface area contributed by atoms with Crippen LogP contribution in [0.4, 0.5) is 0 Å². The quantitative estimate of drug-likeness (QED) is 0.592. The van der Waals surface area contributed by atoms with Gasteiger partial charge >= 0.3 is 0 Å². The average Bonchev–Trinajstić information content (AvgIpc) is 2.09. The zero-order valence-corrected chi connectivity index (χ0v) is 9.49. The highest BCUT2D eigenvalue weighted by Gasteiger charge is 2.36. The predicted molar refractivity (Wildman–Crippen MR) is 57.4 cm³/mol. The summed E-state index contributed by atoms with van der Waals surface area (Å²) in [6.45, 7) is 7.95. The Labute approximate surface area is 85.4 Å². The van der Waals surface area contributed by atoms with Gasteiger partial charge in [-0.25, -0.2) is 0 Å². The van der Waals surface area contributed by atoms with Crippen LogP contribution in [0.15, 0.2) is 0 Å². The van der Waals surface area contributed by atoms with Gasteiger partial charge in [0.05, 0.1) is 26.4 Å². The second kappa shape index (κ2) is 5.89. The normalized spacial score (nSPS) is 19.8. The monoisotopic (exact) mass is 204 g/mol. The minimum Gasteiger partial charge on any atom is -0.380 e. The first-order valence-corrected chi connectivity index (χ1v) is 6.22. The second-order valence-electron chi connectivity index (χ2n) is 3.60. The third-order valence-electron chi connectivity index (χ3n) is 2.55. The Balaban J connectivity index is 1.98. The maximum absolute atomic E-state index is 5.63. The van der Waals surface area contributed by atoms with Gasteiger partial charge in [-0.05, 0) is 12.2 Å². The molecule has 0 atom stereocenters. The van der Waals surface area contributed by atoms with E-state index >= 15 is 0 Å². The van der Waals surface area contributed by atoms with Gasteiger partial charge in [0.15, 0.2) is 0 Å². The molecule has 0 saturated carbocycles. The number of thioether (sulfide) groups is 1. The van der Waals surface area contributed by atoms with Crippen molar-refractivity contribution in [3.63, 3.8) is 0 Å². The van der Waals surface area contributed by atoms with Crippen LogP contribution in [0.3, 0.4) is 0 Å². The highest BCUT2D eigenvalue weighted by atomic mass is 32.2. The van der Waals surface area contributed by atoms with Gasteiger partial charge in [0.1, 0.15) is 0 Å². The van der Waals surface area contributed by atoms with E-state index in [9.17, 15) is 0 Å². The molecule has 13 heavy (non-hydrogen) atoms. The first-order valence-electron chi connectivity index (χ1n) is 5.06. The average molecular weight is 204 g/mol. The summed E-state index contributed by atoms with van der Waals surface area (Å²) in [4.78, 5) is 0. The Morgan fingerprint density at radius 3 is 2.62 bits per heavy atom. The molecule has 1 aliphatic heterocycles. The van der Waals surface area contributed by atoms with Crippen molar-refractivity contribution in [2.45, 2.75) is 20.3 Å². The molecule has 78 valence electrons. The number of rotatable bonds is 7. The molecule has 2 nitrogen and oxygen atoms in total. The summed E-state index contributed by atoms with van der Waals surface area (Å²) in [6.07, 6.45) is 1.17. The van der Waals surface area contributed by atoms with E-state index in [-0.39, 0.29) is 0 Å². The predicted octanol–water partition coefficient (Wildman–Crippen LogP) is 2.18. The highest BCUT2D eigenvalue weighted by molar-refractivity contribution is 7.99. The molecule has 0 spiro atoms. The van der Waals surface area contributed by atoms with Crippen LogP contribution in [0.1, 0.15) is 20.3 Å². The summed E-state index contributed by atoms with van der Waals surface area (Å²) in [7, 11) is 0. The minimum atomic E-state index is 0.358. The molecule has 0 radical (unpaired) electrons. The SMILES string of the molecule is CCSCCOCC1(CC)COC1. The van der Waals surface area contributed by atoms with Crippen molar-refractivity contribution >= 4 is 11.8 Å². The summed E-state index contributed by atoms with van der Waals surface area (Å²) in [5.41, 5.74) is 0.358. The third kappa shape index (κ3) is 3.49. The summed E-state index contributed by atoms with van der Waals surface area (Å²) in [5.74, 6) is 2.31. The van der Waals surface area contributed by atoms with Crippen LogP contribution in [-0.4, -0.2) is 37.9 Å². The van der Waals surface area contributed by atoms with Crippen molar-refractivity contribution in [3.8, 4) is 0 Å². The topological polar surface area (TPSA) is 18.5 Å². The molecule has 1 aliphatic rings. The zero-order chi connectivity index (χ0) is 9.57. The third-order valence-corrected chi connectivity index (χ3v) is 3.41. The minimum absolute atomic E-state index is 0.358. The van der Waals surface area contributed by atoms with Crippen molar-refractivity contribution < 1.29 is 9.47 Å². The van der Waals surface area contributed by atoms with E-state index in [1.54, 1.807) is 0 Å². The van der Waals surface area contributed by atoms with E-state index in [2.05, 4.69) is 13.8 Å². The lowest BCUT2D eigenvalue weighted by Crippen LogP contribution is -2.45. The van der Waals surface area contributed by atoms with Crippen LogP contribution in [-0.2, 0) is 9.47 Å². The lowest BCUT2D eigenvalue weighted by molar-refractivity contribution is -0.148. The van der Waals surface area contributed by atoms with Crippen LogP contribution >= 0.6 is 11.8 Å². The van der Waals surface area contributed by atoms with Gasteiger partial charge in [-0.1, -0.05) is 13.8 Å². The van der Waals surface area contributed by atoms with Gasteiger partial charge in [-0.15, -0.1) is 0 Å². The van der Waals surface area contributed by atoms with Crippen molar-refractivity contribution in [2.75, 3.05) is 37.9 Å². The zero-order valence-electron chi connectivity index (χ0n) is 8.67. The molecule has 0 aromatic carbocycles. The summed E-state index contributed by atoms with van der Waals surface area (Å²) < 4.78 is 10.9. The molecular weight excluding hydrogens is 184 g/mol. The Hall–Kier alpha value is 0.270. The highest BCUT2D eigenvalue weighted by Crippen LogP contribution is 2.31. The van der Waals surface area contributed by atoms with Gasteiger partial charge in [0, 0.05) is 11.2 Å². The lowest BCUT2D eigenvalue weighted by atomic mass is 9.84. The van der Waals surface area contributed by atoms with E-state index in [1.165, 1.54) is 12.2 Å². The van der Waals surface area contributed by atoms with Crippen molar-refractivity contribution in [3.05, 3.63) is 0 Å². The van der Waals surface area contributed by atoms with Gasteiger partial charge in [-0.2, -0.15) is 11.8 Å². The molecule has 3 heteroatoms. The fraction of sp³-hybridized carbons (Fsp3) is 1.00. The molecular formula is C10H20O2S. The van der Waals surface area contributed by atoms with Crippen LogP contribution in [0.2, 0.25) is 0 Å². The van der Waals surface area contributed by atoms with Crippen LogP contribution in [0.25, 0.3) is 0 Å². The van der Waals surface area contributed by atoms with E-state index in [1.807, 2.05) is 11.8 Å². The molecule has 0 N–H and O–H groups in total. The number of hydrogen-bond donors (Lipinski definition) is 0. The Morgan fingerprint density at radius 1 is 1.38 bits per heavy atom. The second-order valence-corrected chi connectivity index (χ2v) is 4.99. The number of ether oxygens (including phenoxy) is 2. The van der Waals surface area contributed by atoms with Crippen LogP contribution in [0, 0.1) is 5.41 Å². The van der Waals surface area contributed by atoms with Gasteiger partial charge in [0.25, 0.3) is 0 Å². The van der Waals surface area contributed by atoms with Crippen LogP contribution < -0.4 is 0 Å².